The molecule has 64 valence electrons. The van der Waals surface area contributed by atoms with Crippen LogP contribution in [-0.4, -0.2) is 30.4 Å². The van der Waals surface area contributed by atoms with Crippen molar-refractivity contribution in [3.05, 3.63) is 12.7 Å². The van der Waals surface area contributed by atoms with E-state index in [0.29, 0.717) is 13.0 Å². The summed E-state index contributed by atoms with van der Waals surface area (Å²) < 4.78 is 0. The normalized spacial score (nSPS) is 12.3. The van der Waals surface area contributed by atoms with Gasteiger partial charge in [-0.3, -0.25) is 4.79 Å². The number of likely N-dealkylation sites (N-methyl/N-ethyl adjacent to an activating group) is 1. The van der Waals surface area contributed by atoms with Gasteiger partial charge in [0, 0.05) is 13.6 Å². The van der Waals surface area contributed by atoms with Crippen molar-refractivity contribution >= 4 is 5.91 Å². The Kier molecular flexibility index (Phi) is 4.54. The number of rotatable bonds is 4. The Balaban J connectivity index is 3.90. The molecule has 3 heteroatoms. The predicted octanol–water partition coefficient (Wildman–Crippen LogP) is 0.368. The monoisotopic (exact) mass is 156 g/mol. The fraction of sp³-hybridized carbons (Fsp3) is 0.625. The average Bonchev–Trinajstić information content (AvgIpc) is 2.02. The maximum absolute atomic E-state index is 11.2. The molecule has 0 saturated heterocycles. The topological polar surface area (TPSA) is 46.3 Å². The van der Waals surface area contributed by atoms with Crippen molar-refractivity contribution < 1.29 is 4.79 Å². The zero-order valence-electron chi connectivity index (χ0n) is 7.21. The van der Waals surface area contributed by atoms with E-state index in [0.717, 1.165) is 0 Å². The highest BCUT2D eigenvalue weighted by Gasteiger charge is 2.13. The van der Waals surface area contributed by atoms with E-state index in [1.165, 1.54) is 0 Å². The molecule has 0 aliphatic heterocycles. The van der Waals surface area contributed by atoms with Gasteiger partial charge in [-0.2, -0.15) is 0 Å². The highest BCUT2D eigenvalue weighted by molar-refractivity contribution is 5.81. The van der Waals surface area contributed by atoms with Gasteiger partial charge in [0.25, 0.3) is 0 Å². The first kappa shape index (κ1) is 10.2. The van der Waals surface area contributed by atoms with Crippen LogP contribution in [0.4, 0.5) is 0 Å². The predicted molar refractivity (Wildman–Crippen MR) is 46.1 cm³/mol. The van der Waals surface area contributed by atoms with Gasteiger partial charge < -0.3 is 10.6 Å². The molecule has 1 amide bonds. The second kappa shape index (κ2) is 4.91. The zero-order valence-corrected chi connectivity index (χ0v) is 7.21. The van der Waals surface area contributed by atoms with Crippen LogP contribution in [0.25, 0.3) is 0 Å². The van der Waals surface area contributed by atoms with Crippen LogP contribution < -0.4 is 5.73 Å². The second-order valence-electron chi connectivity index (χ2n) is 2.52. The Morgan fingerprint density at radius 2 is 2.36 bits per heavy atom. The van der Waals surface area contributed by atoms with Gasteiger partial charge in [0.2, 0.25) is 5.91 Å². The SMILES string of the molecule is C=CCN(C)C(=O)C(N)CC. The van der Waals surface area contributed by atoms with Gasteiger partial charge in [-0.25, -0.2) is 0 Å². The lowest BCUT2D eigenvalue weighted by molar-refractivity contribution is -0.130. The molecule has 0 rings (SSSR count). The lowest BCUT2D eigenvalue weighted by Crippen LogP contribution is -2.41. The van der Waals surface area contributed by atoms with Crippen LogP contribution in [-0.2, 0) is 4.79 Å². The summed E-state index contributed by atoms with van der Waals surface area (Å²) in [5.74, 6) is -0.0209. The number of nitrogens with two attached hydrogens (primary N) is 1. The average molecular weight is 156 g/mol. The van der Waals surface area contributed by atoms with Crippen LogP contribution in [0.5, 0.6) is 0 Å². The van der Waals surface area contributed by atoms with Gasteiger partial charge in [-0.1, -0.05) is 13.0 Å². The molecule has 0 radical (unpaired) electrons. The van der Waals surface area contributed by atoms with E-state index >= 15 is 0 Å². The molecule has 11 heavy (non-hydrogen) atoms. The maximum atomic E-state index is 11.2. The van der Waals surface area contributed by atoms with Crippen molar-refractivity contribution in [1.82, 2.24) is 4.90 Å². The van der Waals surface area contributed by atoms with Crippen LogP contribution in [0.15, 0.2) is 12.7 Å². The van der Waals surface area contributed by atoms with Gasteiger partial charge >= 0.3 is 0 Å². The molecule has 0 aromatic heterocycles. The first-order valence-electron chi connectivity index (χ1n) is 3.75. The molecule has 3 nitrogen and oxygen atoms in total. The molecule has 0 aliphatic rings. The number of carbonyl (C=O) groups is 1. The first-order chi connectivity index (χ1) is 5.13. The molecule has 0 aliphatic carbocycles. The van der Waals surface area contributed by atoms with Crippen LogP contribution in [0.2, 0.25) is 0 Å². The molecule has 0 saturated carbocycles. The number of hydrogen-bond acceptors (Lipinski definition) is 2. The Bertz CT molecular complexity index is 145. The van der Waals surface area contributed by atoms with Gasteiger partial charge in [0.15, 0.2) is 0 Å². The lowest BCUT2D eigenvalue weighted by Gasteiger charge is -2.18. The fourth-order valence-electron chi connectivity index (χ4n) is 0.741. The molecule has 1 unspecified atom stereocenters. The van der Waals surface area contributed by atoms with E-state index in [-0.39, 0.29) is 11.9 Å². The van der Waals surface area contributed by atoms with Crippen molar-refractivity contribution in [2.24, 2.45) is 5.73 Å². The van der Waals surface area contributed by atoms with Crippen molar-refractivity contribution in [3.63, 3.8) is 0 Å². The van der Waals surface area contributed by atoms with Crippen molar-refractivity contribution in [1.29, 1.82) is 0 Å². The van der Waals surface area contributed by atoms with E-state index in [2.05, 4.69) is 6.58 Å². The summed E-state index contributed by atoms with van der Waals surface area (Å²) in [6.07, 6.45) is 2.36. The summed E-state index contributed by atoms with van der Waals surface area (Å²) in [7, 11) is 1.72. The largest absolute Gasteiger partial charge is 0.341 e. The highest BCUT2D eigenvalue weighted by Crippen LogP contribution is 1.93. The molecule has 0 aromatic rings. The van der Waals surface area contributed by atoms with E-state index < -0.39 is 0 Å². The molecule has 0 heterocycles. The van der Waals surface area contributed by atoms with Crippen molar-refractivity contribution in [2.75, 3.05) is 13.6 Å². The minimum Gasteiger partial charge on any atom is -0.341 e. The molecule has 0 bridgehead atoms. The van der Waals surface area contributed by atoms with Gasteiger partial charge in [0.1, 0.15) is 0 Å². The van der Waals surface area contributed by atoms with Crippen LogP contribution in [0.1, 0.15) is 13.3 Å². The van der Waals surface area contributed by atoms with Crippen LogP contribution >= 0.6 is 0 Å². The number of carbonyl (C=O) groups excluding carboxylic acids is 1. The van der Waals surface area contributed by atoms with Crippen molar-refractivity contribution in [2.45, 2.75) is 19.4 Å². The third kappa shape index (κ3) is 3.18. The lowest BCUT2D eigenvalue weighted by atomic mass is 10.2. The molecule has 0 spiro atoms. The summed E-state index contributed by atoms with van der Waals surface area (Å²) >= 11 is 0. The third-order valence-electron chi connectivity index (χ3n) is 1.54. The summed E-state index contributed by atoms with van der Waals surface area (Å²) in [4.78, 5) is 12.8. The zero-order chi connectivity index (χ0) is 8.85. The Morgan fingerprint density at radius 3 is 2.73 bits per heavy atom. The van der Waals surface area contributed by atoms with Gasteiger partial charge in [-0.05, 0) is 6.42 Å². The molecule has 0 fully saturated rings. The van der Waals surface area contributed by atoms with Crippen LogP contribution in [0.3, 0.4) is 0 Å². The van der Waals surface area contributed by atoms with Crippen molar-refractivity contribution in [3.8, 4) is 0 Å². The molecular weight excluding hydrogens is 140 g/mol. The van der Waals surface area contributed by atoms with Gasteiger partial charge in [-0.15, -0.1) is 6.58 Å². The van der Waals surface area contributed by atoms with E-state index in [1.54, 1.807) is 18.0 Å². The smallest absolute Gasteiger partial charge is 0.239 e. The number of hydrogen-bond donors (Lipinski definition) is 1. The minimum absolute atomic E-state index is 0.0209. The number of nitrogens with zero attached hydrogens (tertiary/aromatic N) is 1. The Hall–Kier alpha value is -0.830. The Labute approximate surface area is 67.9 Å². The van der Waals surface area contributed by atoms with E-state index in [1.807, 2.05) is 6.92 Å². The molecule has 2 N–H and O–H groups in total. The third-order valence-corrected chi connectivity index (χ3v) is 1.54. The van der Waals surface area contributed by atoms with E-state index in [9.17, 15) is 4.79 Å². The summed E-state index contributed by atoms with van der Waals surface area (Å²) in [5, 5.41) is 0. The highest BCUT2D eigenvalue weighted by atomic mass is 16.2. The minimum atomic E-state index is -0.361. The molecule has 0 aromatic carbocycles. The summed E-state index contributed by atoms with van der Waals surface area (Å²) in [6, 6.07) is -0.361. The summed E-state index contributed by atoms with van der Waals surface area (Å²) in [6.45, 7) is 5.99. The Morgan fingerprint density at radius 1 is 1.82 bits per heavy atom. The molecule has 1 atom stereocenters. The fourth-order valence-corrected chi connectivity index (χ4v) is 0.741. The summed E-state index contributed by atoms with van der Waals surface area (Å²) in [5.41, 5.74) is 5.52. The number of amides is 1. The van der Waals surface area contributed by atoms with Crippen LogP contribution in [0, 0.1) is 0 Å². The van der Waals surface area contributed by atoms with E-state index in [4.69, 9.17) is 5.73 Å². The van der Waals surface area contributed by atoms with Gasteiger partial charge in [0.05, 0.1) is 6.04 Å². The second-order valence-corrected chi connectivity index (χ2v) is 2.52. The first-order valence-corrected chi connectivity index (χ1v) is 3.75. The molecular formula is C8H16N2O. The standard InChI is InChI=1S/C8H16N2O/c1-4-6-10(3)8(11)7(9)5-2/h4,7H,1,5-6,9H2,2-3H3. The maximum Gasteiger partial charge on any atom is 0.239 e. The quantitative estimate of drug-likeness (QED) is 0.598.